The first-order chi connectivity index (χ1) is 13.7. The molecule has 2 aromatic rings. The maximum Gasteiger partial charge on any atom is 0.318 e. The third kappa shape index (κ3) is 2.62. The van der Waals surface area contributed by atoms with Crippen molar-refractivity contribution >= 4 is 62.6 Å². The van der Waals surface area contributed by atoms with Crippen LogP contribution in [0.25, 0.3) is 0 Å². The predicted octanol–water partition coefficient (Wildman–Crippen LogP) is 4.77. The molecule has 3 atom stereocenters. The predicted molar refractivity (Wildman–Crippen MR) is 113 cm³/mol. The Morgan fingerprint density at radius 1 is 1.14 bits per heavy atom. The number of fused-ring (bicyclic) bond motifs is 1. The summed E-state index contributed by atoms with van der Waals surface area (Å²) in [6.45, 7) is 3.48. The molecule has 4 rings (SSSR count). The van der Waals surface area contributed by atoms with Crippen LogP contribution in [0.4, 0.5) is 5.69 Å². The van der Waals surface area contributed by atoms with Crippen molar-refractivity contribution < 1.29 is 19.1 Å². The summed E-state index contributed by atoms with van der Waals surface area (Å²) in [5, 5.41) is 0.617. The van der Waals surface area contributed by atoms with Gasteiger partial charge < -0.3 is 4.74 Å². The van der Waals surface area contributed by atoms with Gasteiger partial charge in [-0.05, 0) is 49.7 Å². The van der Waals surface area contributed by atoms with Crippen molar-refractivity contribution in [2.75, 3.05) is 11.5 Å². The fourth-order valence-corrected chi connectivity index (χ4v) is 5.37. The van der Waals surface area contributed by atoms with Crippen LogP contribution in [0.2, 0.25) is 10.0 Å². The quantitative estimate of drug-likeness (QED) is 0.452. The summed E-state index contributed by atoms with van der Waals surface area (Å²) >= 11 is 15.5. The van der Waals surface area contributed by atoms with Gasteiger partial charge in [-0.1, -0.05) is 51.3 Å². The molecule has 1 aliphatic carbocycles. The van der Waals surface area contributed by atoms with Gasteiger partial charge in [0, 0.05) is 14.5 Å². The standard InChI is InChI=1S/C21H16BrCl2NO4/c1-3-29-19(28)21(11-4-6-12(22)7-5-11)16-17(26)25(18(27)20(16,21)2)15-9-13(23)8-14(24)10-15/h4-10,16H,3H2,1-2H3/t16-,20-,21-/m1/s1. The molecule has 8 heteroatoms. The second-order valence-electron chi connectivity index (χ2n) is 7.28. The molecule has 29 heavy (non-hydrogen) atoms. The van der Waals surface area contributed by atoms with Crippen LogP contribution in [0.15, 0.2) is 46.9 Å². The number of rotatable bonds is 4. The van der Waals surface area contributed by atoms with Gasteiger partial charge in [0.25, 0.3) is 0 Å². The monoisotopic (exact) mass is 495 g/mol. The van der Waals surface area contributed by atoms with Gasteiger partial charge in [0.2, 0.25) is 11.8 Å². The summed E-state index contributed by atoms with van der Waals surface area (Å²) < 4.78 is 6.14. The number of anilines is 1. The third-order valence-electron chi connectivity index (χ3n) is 5.86. The Balaban J connectivity index is 1.83. The van der Waals surface area contributed by atoms with Crippen molar-refractivity contribution in [2.24, 2.45) is 11.3 Å². The lowest BCUT2D eigenvalue weighted by atomic mass is 9.85. The number of benzene rings is 2. The second-order valence-corrected chi connectivity index (χ2v) is 9.07. The van der Waals surface area contributed by atoms with E-state index >= 15 is 0 Å². The normalized spacial score (nSPS) is 27.8. The molecule has 1 saturated carbocycles. The van der Waals surface area contributed by atoms with E-state index in [-0.39, 0.29) is 6.61 Å². The van der Waals surface area contributed by atoms with Crippen LogP contribution in [0.1, 0.15) is 19.4 Å². The van der Waals surface area contributed by atoms with Gasteiger partial charge in [-0.15, -0.1) is 0 Å². The Morgan fingerprint density at radius 2 is 1.72 bits per heavy atom. The number of nitrogens with zero attached hydrogens (tertiary/aromatic N) is 1. The van der Waals surface area contributed by atoms with Crippen molar-refractivity contribution in [3.05, 3.63) is 62.5 Å². The highest BCUT2D eigenvalue weighted by Crippen LogP contribution is 2.74. The van der Waals surface area contributed by atoms with Crippen LogP contribution in [-0.2, 0) is 24.5 Å². The van der Waals surface area contributed by atoms with E-state index in [0.29, 0.717) is 21.3 Å². The highest BCUT2D eigenvalue weighted by Gasteiger charge is 2.90. The number of piperidine rings is 1. The summed E-state index contributed by atoms with van der Waals surface area (Å²) in [6.07, 6.45) is 0. The first kappa shape index (κ1) is 20.4. The van der Waals surface area contributed by atoms with Crippen LogP contribution in [0.3, 0.4) is 0 Å². The Labute approximate surface area is 186 Å². The van der Waals surface area contributed by atoms with E-state index in [1.165, 1.54) is 18.2 Å². The summed E-state index contributed by atoms with van der Waals surface area (Å²) in [5.74, 6) is -2.37. The van der Waals surface area contributed by atoms with Crippen molar-refractivity contribution in [2.45, 2.75) is 19.3 Å². The Morgan fingerprint density at radius 3 is 2.21 bits per heavy atom. The maximum absolute atomic E-state index is 13.5. The molecule has 0 bridgehead atoms. The zero-order chi connectivity index (χ0) is 21.1. The van der Waals surface area contributed by atoms with Gasteiger partial charge in [0.15, 0.2) is 0 Å². The van der Waals surface area contributed by atoms with E-state index in [4.69, 9.17) is 27.9 Å². The molecule has 1 heterocycles. The lowest BCUT2D eigenvalue weighted by Crippen LogP contribution is -2.45. The molecule has 2 fully saturated rings. The van der Waals surface area contributed by atoms with Crippen molar-refractivity contribution in [3.63, 3.8) is 0 Å². The summed E-state index contributed by atoms with van der Waals surface area (Å²) in [7, 11) is 0. The molecule has 150 valence electrons. The highest BCUT2D eigenvalue weighted by molar-refractivity contribution is 9.10. The number of amides is 2. The zero-order valence-electron chi connectivity index (χ0n) is 15.5. The number of carbonyl (C=O) groups excluding carboxylic acids is 3. The lowest BCUT2D eigenvalue weighted by molar-refractivity contribution is -0.150. The van der Waals surface area contributed by atoms with Gasteiger partial charge in [-0.25, -0.2) is 4.90 Å². The molecule has 0 N–H and O–H groups in total. The number of carbonyl (C=O) groups is 3. The molecular weight excluding hydrogens is 481 g/mol. The Kier molecular flexibility index (Phi) is 4.80. The van der Waals surface area contributed by atoms with Crippen molar-refractivity contribution in [3.8, 4) is 0 Å². The summed E-state index contributed by atoms with van der Waals surface area (Å²) in [4.78, 5) is 41.0. The number of hydrogen-bond donors (Lipinski definition) is 0. The largest absolute Gasteiger partial charge is 0.465 e. The molecule has 2 amide bonds. The van der Waals surface area contributed by atoms with Crippen LogP contribution in [0.5, 0.6) is 0 Å². The topological polar surface area (TPSA) is 63.7 Å². The third-order valence-corrected chi connectivity index (χ3v) is 6.83. The molecule has 0 radical (unpaired) electrons. The smallest absolute Gasteiger partial charge is 0.318 e. The first-order valence-electron chi connectivity index (χ1n) is 8.97. The number of esters is 1. The second kappa shape index (κ2) is 6.83. The van der Waals surface area contributed by atoms with Crippen LogP contribution in [0, 0.1) is 11.3 Å². The SMILES string of the molecule is CCOC(=O)[C@@]1(c2ccc(Br)cc2)[C@@H]2C(=O)N(c3cc(Cl)cc(Cl)c3)C(=O)[C@@]21C. The van der Waals surface area contributed by atoms with Gasteiger partial charge in [0.1, 0.15) is 5.41 Å². The maximum atomic E-state index is 13.5. The zero-order valence-corrected chi connectivity index (χ0v) is 18.6. The minimum Gasteiger partial charge on any atom is -0.465 e. The van der Waals surface area contributed by atoms with Crippen LogP contribution in [-0.4, -0.2) is 24.4 Å². The molecule has 0 aromatic heterocycles. The summed E-state index contributed by atoms with van der Waals surface area (Å²) in [5.41, 5.74) is -1.73. The average Bonchev–Trinajstić information content (AvgIpc) is 3.17. The van der Waals surface area contributed by atoms with E-state index in [1.54, 1.807) is 38.1 Å². The Hall–Kier alpha value is -1.89. The fraction of sp³-hybridized carbons (Fsp3) is 0.286. The molecule has 5 nitrogen and oxygen atoms in total. The minimum atomic E-state index is -1.35. The molecular formula is C21H16BrCl2NO4. The highest BCUT2D eigenvalue weighted by atomic mass is 79.9. The van der Waals surface area contributed by atoms with Crippen molar-refractivity contribution in [1.82, 2.24) is 0 Å². The van der Waals surface area contributed by atoms with Gasteiger partial charge in [0.05, 0.1) is 23.6 Å². The number of halogens is 3. The minimum absolute atomic E-state index is 0.149. The van der Waals surface area contributed by atoms with Crippen LogP contribution >= 0.6 is 39.1 Å². The molecule has 1 saturated heterocycles. The Bertz CT molecular complexity index is 1040. The molecule has 2 aliphatic rings. The molecule has 0 unspecified atom stereocenters. The summed E-state index contributed by atoms with van der Waals surface area (Å²) in [6, 6.07) is 11.6. The number of hydrogen-bond acceptors (Lipinski definition) is 4. The molecule has 2 aromatic carbocycles. The van der Waals surface area contributed by atoms with E-state index in [1.807, 2.05) is 0 Å². The van der Waals surface area contributed by atoms with Gasteiger partial charge in [-0.2, -0.15) is 0 Å². The van der Waals surface area contributed by atoms with E-state index in [0.717, 1.165) is 9.37 Å². The average molecular weight is 497 g/mol. The molecule has 1 aliphatic heterocycles. The molecule has 0 spiro atoms. The number of imide groups is 1. The number of ether oxygens (including phenoxy) is 1. The van der Waals surface area contributed by atoms with Crippen LogP contribution < -0.4 is 4.90 Å². The van der Waals surface area contributed by atoms with Gasteiger partial charge >= 0.3 is 5.97 Å². The van der Waals surface area contributed by atoms with Crippen molar-refractivity contribution in [1.29, 1.82) is 0 Å². The van der Waals surface area contributed by atoms with E-state index < -0.39 is 34.5 Å². The lowest BCUT2D eigenvalue weighted by Gasteiger charge is -2.27. The fourth-order valence-electron chi connectivity index (χ4n) is 4.59. The van der Waals surface area contributed by atoms with E-state index in [9.17, 15) is 14.4 Å². The van der Waals surface area contributed by atoms with Gasteiger partial charge in [-0.3, -0.25) is 14.4 Å². The first-order valence-corrected chi connectivity index (χ1v) is 10.5. The van der Waals surface area contributed by atoms with E-state index in [2.05, 4.69) is 15.9 Å².